The minimum atomic E-state index is -0.0615. The van der Waals surface area contributed by atoms with Crippen LogP contribution in [-0.4, -0.2) is 10.9 Å². The van der Waals surface area contributed by atoms with Crippen molar-refractivity contribution < 1.29 is 4.79 Å². The molecule has 0 bridgehead atoms. The highest BCUT2D eigenvalue weighted by molar-refractivity contribution is 6.30. The second kappa shape index (κ2) is 7.07. The van der Waals surface area contributed by atoms with E-state index in [1.165, 1.54) is 0 Å². The van der Waals surface area contributed by atoms with Crippen LogP contribution in [0.1, 0.15) is 15.9 Å². The number of halogens is 1. The van der Waals surface area contributed by atoms with Crippen LogP contribution >= 0.6 is 11.6 Å². The van der Waals surface area contributed by atoms with Crippen LogP contribution in [0, 0.1) is 0 Å². The fourth-order valence-electron chi connectivity index (χ4n) is 2.31. The number of pyridine rings is 1. The molecule has 2 aromatic carbocycles. The van der Waals surface area contributed by atoms with Gasteiger partial charge in [-0.25, -0.2) is 0 Å². The lowest BCUT2D eigenvalue weighted by Crippen LogP contribution is -2.30. The smallest absolute Gasteiger partial charge is 0.258 e. The van der Waals surface area contributed by atoms with Crippen LogP contribution in [0.4, 0.5) is 5.69 Å². The standard InChI is InChI=1S/C19H15ClN2O/c20-17-8-6-15(7-9-17)14-22(18-4-2-1-3-5-18)19(23)16-10-12-21-13-11-16/h1-13H,14H2. The van der Waals surface area contributed by atoms with Crippen LogP contribution in [0.5, 0.6) is 0 Å². The summed E-state index contributed by atoms with van der Waals surface area (Å²) in [5.74, 6) is -0.0615. The third-order valence-corrected chi connectivity index (χ3v) is 3.75. The van der Waals surface area contributed by atoms with Crippen LogP contribution in [0.2, 0.25) is 5.02 Å². The first kappa shape index (κ1) is 15.3. The maximum Gasteiger partial charge on any atom is 0.258 e. The van der Waals surface area contributed by atoms with Gasteiger partial charge < -0.3 is 4.90 Å². The lowest BCUT2D eigenvalue weighted by Gasteiger charge is -2.23. The molecule has 0 unspecified atom stereocenters. The summed E-state index contributed by atoms with van der Waals surface area (Å²) in [5.41, 5.74) is 2.47. The number of carbonyl (C=O) groups excluding carboxylic acids is 1. The predicted octanol–water partition coefficient (Wildman–Crippen LogP) is 4.58. The second-order valence-electron chi connectivity index (χ2n) is 5.09. The number of carbonyl (C=O) groups is 1. The van der Waals surface area contributed by atoms with E-state index < -0.39 is 0 Å². The molecule has 0 aliphatic heterocycles. The Balaban J connectivity index is 1.94. The molecule has 0 saturated carbocycles. The summed E-state index contributed by atoms with van der Waals surface area (Å²) in [4.78, 5) is 18.6. The van der Waals surface area contributed by atoms with Gasteiger partial charge in [0.1, 0.15) is 0 Å². The van der Waals surface area contributed by atoms with E-state index >= 15 is 0 Å². The molecular formula is C19H15ClN2O. The van der Waals surface area contributed by atoms with Crippen LogP contribution in [-0.2, 0) is 6.54 Å². The van der Waals surface area contributed by atoms with Gasteiger partial charge in [-0.3, -0.25) is 9.78 Å². The highest BCUT2D eigenvalue weighted by Crippen LogP contribution is 2.20. The van der Waals surface area contributed by atoms with Gasteiger partial charge in [-0.2, -0.15) is 0 Å². The molecule has 0 atom stereocenters. The van der Waals surface area contributed by atoms with Crippen molar-refractivity contribution in [1.29, 1.82) is 0 Å². The lowest BCUT2D eigenvalue weighted by atomic mass is 10.1. The number of para-hydroxylation sites is 1. The van der Waals surface area contributed by atoms with Crippen molar-refractivity contribution in [3.05, 3.63) is 95.3 Å². The van der Waals surface area contributed by atoms with E-state index in [-0.39, 0.29) is 5.91 Å². The molecule has 0 saturated heterocycles. The Hall–Kier alpha value is -2.65. The average Bonchev–Trinajstić information content (AvgIpc) is 2.62. The zero-order valence-corrected chi connectivity index (χ0v) is 13.1. The first-order valence-electron chi connectivity index (χ1n) is 7.25. The van der Waals surface area contributed by atoms with Crippen molar-refractivity contribution in [2.24, 2.45) is 0 Å². The molecule has 1 amide bonds. The summed E-state index contributed by atoms with van der Waals surface area (Å²) in [6.45, 7) is 0.475. The molecule has 3 nitrogen and oxygen atoms in total. The molecule has 3 aromatic rings. The van der Waals surface area contributed by atoms with Gasteiger partial charge in [0.25, 0.3) is 5.91 Å². The van der Waals surface area contributed by atoms with E-state index in [4.69, 9.17) is 11.6 Å². The summed E-state index contributed by atoms with van der Waals surface area (Å²) in [5, 5.41) is 0.681. The number of benzene rings is 2. The largest absolute Gasteiger partial charge is 0.304 e. The van der Waals surface area contributed by atoms with Gasteiger partial charge in [-0.05, 0) is 42.0 Å². The van der Waals surface area contributed by atoms with Crippen molar-refractivity contribution in [2.75, 3.05) is 4.90 Å². The summed E-state index contributed by atoms with van der Waals surface area (Å²) in [7, 11) is 0. The molecule has 0 N–H and O–H groups in total. The SMILES string of the molecule is O=C(c1ccncc1)N(Cc1ccc(Cl)cc1)c1ccccc1. The number of anilines is 1. The van der Waals surface area contributed by atoms with Crippen LogP contribution < -0.4 is 4.90 Å². The first-order valence-corrected chi connectivity index (χ1v) is 7.63. The number of amides is 1. The zero-order chi connectivity index (χ0) is 16.1. The molecule has 0 radical (unpaired) electrons. The summed E-state index contributed by atoms with van der Waals surface area (Å²) in [6, 6.07) is 20.6. The molecule has 4 heteroatoms. The van der Waals surface area contributed by atoms with E-state index in [1.807, 2.05) is 54.6 Å². The molecule has 1 aromatic heterocycles. The number of hydrogen-bond donors (Lipinski definition) is 0. The maximum atomic E-state index is 12.9. The van der Waals surface area contributed by atoms with Gasteiger partial charge in [0, 0.05) is 28.7 Å². The fourth-order valence-corrected chi connectivity index (χ4v) is 2.44. The van der Waals surface area contributed by atoms with Gasteiger partial charge in [0.2, 0.25) is 0 Å². The van der Waals surface area contributed by atoms with E-state index in [9.17, 15) is 4.79 Å². The monoisotopic (exact) mass is 322 g/mol. The lowest BCUT2D eigenvalue weighted by molar-refractivity contribution is 0.0985. The topological polar surface area (TPSA) is 33.2 Å². The fraction of sp³-hybridized carbons (Fsp3) is 0.0526. The third kappa shape index (κ3) is 3.76. The molecule has 23 heavy (non-hydrogen) atoms. The minimum absolute atomic E-state index is 0.0615. The third-order valence-electron chi connectivity index (χ3n) is 3.49. The number of hydrogen-bond acceptors (Lipinski definition) is 2. The Kier molecular flexibility index (Phi) is 4.69. The van der Waals surface area contributed by atoms with Crippen molar-refractivity contribution in [1.82, 2.24) is 4.98 Å². The highest BCUT2D eigenvalue weighted by Gasteiger charge is 2.17. The normalized spacial score (nSPS) is 10.3. The Morgan fingerprint density at radius 3 is 2.22 bits per heavy atom. The van der Waals surface area contributed by atoms with Crippen LogP contribution in [0.15, 0.2) is 79.1 Å². The molecule has 1 heterocycles. The van der Waals surface area contributed by atoms with E-state index in [1.54, 1.807) is 29.4 Å². The first-order chi connectivity index (χ1) is 11.2. The Labute approximate surface area is 140 Å². The molecule has 0 fully saturated rings. The van der Waals surface area contributed by atoms with Crippen molar-refractivity contribution in [2.45, 2.75) is 6.54 Å². The van der Waals surface area contributed by atoms with Crippen LogP contribution in [0.3, 0.4) is 0 Å². The summed E-state index contributed by atoms with van der Waals surface area (Å²) >= 11 is 5.94. The second-order valence-corrected chi connectivity index (χ2v) is 5.53. The molecular weight excluding hydrogens is 308 g/mol. The molecule has 114 valence electrons. The molecule has 3 rings (SSSR count). The average molecular weight is 323 g/mol. The minimum Gasteiger partial charge on any atom is -0.304 e. The number of nitrogens with zero attached hydrogens (tertiary/aromatic N) is 2. The number of aromatic nitrogens is 1. The van der Waals surface area contributed by atoms with Crippen molar-refractivity contribution >= 4 is 23.2 Å². The molecule has 0 spiro atoms. The maximum absolute atomic E-state index is 12.9. The Morgan fingerprint density at radius 1 is 0.913 bits per heavy atom. The molecule has 0 aliphatic carbocycles. The number of rotatable bonds is 4. The Bertz CT molecular complexity index is 773. The summed E-state index contributed by atoms with van der Waals surface area (Å²) in [6.07, 6.45) is 3.25. The van der Waals surface area contributed by atoms with E-state index in [2.05, 4.69) is 4.98 Å². The highest BCUT2D eigenvalue weighted by atomic mass is 35.5. The Morgan fingerprint density at radius 2 is 1.57 bits per heavy atom. The quantitative estimate of drug-likeness (QED) is 0.704. The van der Waals surface area contributed by atoms with Gasteiger partial charge in [-0.1, -0.05) is 41.9 Å². The van der Waals surface area contributed by atoms with E-state index in [0.29, 0.717) is 17.1 Å². The van der Waals surface area contributed by atoms with E-state index in [0.717, 1.165) is 11.3 Å². The predicted molar refractivity (Wildman–Crippen MR) is 92.6 cm³/mol. The van der Waals surface area contributed by atoms with Gasteiger partial charge in [0.15, 0.2) is 0 Å². The van der Waals surface area contributed by atoms with Gasteiger partial charge >= 0.3 is 0 Å². The zero-order valence-electron chi connectivity index (χ0n) is 12.4. The van der Waals surface area contributed by atoms with Crippen molar-refractivity contribution in [3.63, 3.8) is 0 Å². The summed E-state index contributed by atoms with van der Waals surface area (Å²) < 4.78 is 0. The van der Waals surface area contributed by atoms with Gasteiger partial charge in [-0.15, -0.1) is 0 Å². The van der Waals surface area contributed by atoms with Gasteiger partial charge in [0.05, 0.1) is 6.54 Å². The molecule has 0 aliphatic rings. The van der Waals surface area contributed by atoms with Crippen LogP contribution in [0.25, 0.3) is 0 Å². The van der Waals surface area contributed by atoms with Crippen molar-refractivity contribution in [3.8, 4) is 0 Å².